The lowest BCUT2D eigenvalue weighted by Gasteiger charge is -2.26. The van der Waals surface area contributed by atoms with Crippen LogP contribution < -0.4 is 0 Å². The molecule has 132 valence electrons. The molecule has 1 atom stereocenters. The molecule has 0 aliphatic carbocycles. The number of nitrogens with zero attached hydrogens (tertiary/aromatic N) is 2. The zero-order chi connectivity index (χ0) is 18.1. The lowest BCUT2D eigenvalue weighted by atomic mass is 10.2. The number of rotatable bonds is 5. The Hall–Kier alpha value is -2.15. The van der Waals surface area contributed by atoms with E-state index < -0.39 is 25.9 Å². The Morgan fingerprint density at radius 1 is 1.24 bits per heavy atom. The molecule has 0 unspecified atom stereocenters. The van der Waals surface area contributed by atoms with Gasteiger partial charge >= 0.3 is 0 Å². The van der Waals surface area contributed by atoms with E-state index in [2.05, 4.69) is 0 Å². The van der Waals surface area contributed by atoms with Crippen molar-refractivity contribution in [2.24, 2.45) is 0 Å². The molecule has 0 bridgehead atoms. The second-order valence-corrected chi connectivity index (χ2v) is 9.94. The molecule has 0 N–H and O–H groups in total. The monoisotopic (exact) mass is 380 g/mol. The lowest BCUT2D eigenvalue weighted by molar-refractivity contribution is 0.307. The van der Waals surface area contributed by atoms with E-state index in [0.717, 1.165) is 0 Å². The molecule has 0 radical (unpaired) electrons. The topological polar surface area (TPSA) is 108 Å². The average Bonchev–Trinajstić information content (AvgIpc) is 3.21. The predicted octanol–water partition coefficient (Wildman–Crippen LogP) is 1.53. The molecule has 9 heteroatoms. The van der Waals surface area contributed by atoms with Gasteiger partial charge in [-0.3, -0.25) is 0 Å². The van der Waals surface area contributed by atoms with Crippen molar-refractivity contribution >= 4 is 19.9 Å². The van der Waals surface area contributed by atoms with Gasteiger partial charge in [-0.25, -0.2) is 16.8 Å². The first-order valence-corrected chi connectivity index (χ1v) is 10.8. The van der Waals surface area contributed by atoms with Crippen LogP contribution in [0.5, 0.6) is 0 Å². The first kappa shape index (κ1) is 17.7. The second-order valence-electron chi connectivity index (χ2n) is 5.82. The third-order valence-electron chi connectivity index (χ3n) is 4.10. The van der Waals surface area contributed by atoms with Crippen LogP contribution in [0.2, 0.25) is 0 Å². The van der Waals surface area contributed by atoms with Crippen molar-refractivity contribution in [3.8, 4) is 6.07 Å². The summed E-state index contributed by atoms with van der Waals surface area (Å²) in [6.07, 6.45) is 1.69. The molecule has 0 spiro atoms. The minimum absolute atomic E-state index is 0.0161. The molecule has 1 saturated heterocycles. The molecule has 1 aromatic carbocycles. The zero-order valence-corrected chi connectivity index (χ0v) is 14.8. The summed E-state index contributed by atoms with van der Waals surface area (Å²) >= 11 is 0. The predicted molar refractivity (Wildman–Crippen MR) is 89.7 cm³/mol. The van der Waals surface area contributed by atoms with Gasteiger partial charge in [0, 0.05) is 6.04 Å². The SMILES string of the molecule is N#Cc1ccc(S(=O)(=O)N(Cc2ccco2)[C@H]2CCS(=O)(=O)C2)cc1. The Kier molecular flexibility index (Phi) is 4.69. The molecule has 1 aliphatic heterocycles. The largest absolute Gasteiger partial charge is 0.468 e. The summed E-state index contributed by atoms with van der Waals surface area (Å²) < 4.78 is 56.2. The van der Waals surface area contributed by atoms with Crippen LogP contribution in [0.15, 0.2) is 52.0 Å². The van der Waals surface area contributed by atoms with Gasteiger partial charge in [0.25, 0.3) is 0 Å². The zero-order valence-electron chi connectivity index (χ0n) is 13.2. The summed E-state index contributed by atoms with van der Waals surface area (Å²) in [5.41, 5.74) is 0.347. The Morgan fingerprint density at radius 2 is 1.96 bits per heavy atom. The smallest absolute Gasteiger partial charge is 0.243 e. The second kappa shape index (κ2) is 6.63. The summed E-state index contributed by atoms with van der Waals surface area (Å²) in [5.74, 6) is 0.194. The number of nitriles is 1. The Labute approximate surface area is 146 Å². The Balaban J connectivity index is 1.98. The number of hydrogen-bond donors (Lipinski definition) is 0. The van der Waals surface area contributed by atoms with Gasteiger partial charge in [-0.1, -0.05) is 0 Å². The van der Waals surface area contributed by atoms with E-state index >= 15 is 0 Å². The standard InChI is InChI=1S/C16H16N2O5S2/c17-10-13-3-5-16(6-4-13)25(21,22)18(11-15-2-1-8-23-15)14-7-9-24(19,20)12-14/h1-6,8,14H,7,9,11-12H2/t14-/m0/s1. The van der Waals surface area contributed by atoms with E-state index in [-0.39, 0.29) is 29.4 Å². The highest BCUT2D eigenvalue weighted by Crippen LogP contribution is 2.27. The van der Waals surface area contributed by atoms with Crippen LogP contribution in [-0.2, 0) is 26.4 Å². The summed E-state index contributed by atoms with van der Waals surface area (Å²) in [6.45, 7) is -0.0461. The normalized spacial score (nSPS) is 19.8. The van der Waals surface area contributed by atoms with Crippen molar-refractivity contribution in [1.29, 1.82) is 5.26 Å². The molecule has 1 aliphatic rings. The van der Waals surface area contributed by atoms with E-state index in [0.29, 0.717) is 11.3 Å². The fourth-order valence-electron chi connectivity index (χ4n) is 2.81. The van der Waals surface area contributed by atoms with Gasteiger partial charge in [-0.2, -0.15) is 9.57 Å². The lowest BCUT2D eigenvalue weighted by Crippen LogP contribution is -2.40. The maximum Gasteiger partial charge on any atom is 0.243 e. The summed E-state index contributed by atoms with van der Waals surface area (Å²) in [5, 5.41) is 8.85. The molecular weight excluding hydrogens is 364 g/mol. The summed E-state index contributed by atoms with van der Waals surface area (Å²) in [7, 11) is -7.19. The molecule has 0 saturated carbocycles. The van der Waals surface area contributed by atoms with Crippen molar-refractivity contribution < 1.29 is 21.3 Å². The van der Waals surface area contributed by atoms with Crippen LogP contribution in [0.1, 0.15) is 17.7 Å². The van der Waals surface area contributed by atoms with Crippen LogP contribution in [0, 0.1) is 11.3 Å². The van der Waals surface area contributed by atoms with Gasteiger partial charge in [0.05, 0.1) is 40.8 Å². The van der Waals surface area contributed by atoms with E-state index in [4.69, 9.17) is 9.68 Å². The van der Waals surface area contributed by atoms with Crippen molar-refractivity contribution in [1.82, 2.24) is 4.31 Å². The van der Waals surface area contributed by atoms with Crippen LogP contribution in [0.4, 0.5) is 0 Å². The molecule has 1 fully saturated rings. The number of sulfone groups is 1. The summed E-state index contributed by atoms with van der Waals surface area (Å²) in [4.78, 5) is 0.0161. The van der Waals surface area contributed by atoms with Crippen LogP contribution in [-0.4, -0.2) is 38.7 Å². The Morgan fingerprint density at radius 3 is 2.48 bits per heavy atom. The van der Waals surface area contributed by atoms with Crippen molar-refractivity contribution in [2.45, 2.75) is 23.9 Å². The first-order chi connectivity index (χ1) is 11.8. The molecule has 2 heterocycles. The van der Waals surface area contributed by atoms with Gasteiger partial charge < -0.3 is 4.42 Å². The third kappa shape index (κ3) is 3.76. The third-order valence-corrected chi connectivity index (χ3v) is 7.76. The maximum absolute atomic E-state index is 13.1. The highest BCUT2D eigenvalue weighted by atomic mass is 32.2. The molecule has 7 nitrogen and oxygen atoms in total. The average molecular weight is 380 g/mol. The number of benzene rings is 1. The van der Waals surface area contributed by atoms with Crippen LogP contribution >= 0.6 is 0 Å². The fraction of sp³-hybridized carbons (Fsp3) is 0.312. The molecular formula is C16H16N2O5S2. The first-order valence-electron chi connectivity index (χ1n) is 7.57. The van der Waals surface area contributed by atoms with Gasteiger partial charge in [-0.05, 0) is 42.8 Å². The van der Waals surface area contributed by atoms with Gasteiger partial charge in [-0.15, -0.1) is 0 Å². The minimum Gasteiger partial charge on any atom is -0.468 e. The quantitative estimate of drug-likeness (QED) is 0.778. The van der Waals surface area contributed by atoms with Crippen molar-refractivity contribution in [3.63, 3.8) is 0 Å². The van der Waals surface area contributed by atoms with E-state index in [1.165, 1.54) is 34.8 Å². The number of sulfonamides is 1. The molecule has 2 aromatic rings. The highest BCUT2D eigenvalue weighted by molar-refractivity contribution is 7.92. The number of hydrogen-bond acceptors (Lipinski definition) is 6. The van der Waals surface area contributed by atoms with E-state index in [1.807, 2.05) is 6.07 Å². The van der Waals surface area contributed by atoms with Gasteiger partial charge in [0.1, 0.15) is 5.76 Å². The maximum atomic E-state index is 13.1. The molecule has 3 rings (SSSR count). The van der Waals surface area contributed by atoms with Gasteiger partial charge in [0.15, 0.2) is 9.84 Å². The van der Waals surface area contributed by atoms with Crippen LogP contribution in [0.25, 0.3) is 0 Å². The molecule has 1 aromatic heterocycles. The fourth-order valence-corrected chi connectivity index (χ4v) is 6.25. The van der Waals surface area contributed by atoms with Crippen molar-refractivity contribution in [3.05, 3.63) is 54.0 Å². The van der Waals surface area contributed by atoms with Crippen molar-refractivity contribution in [2.75, 3.05) is 11.5 Å². The minimum atomic E-state index is -3.94. The number of furan rings is 1. The molecule has 25 heavy (non-hydrogen) atoms. The van der Waals surface area contributed by atoms with Crippen LogP contribution in [0.3, 0.4) is 0 Å². The van der Waals surface area contributed by atoms with E-state index in [9.17, 15) is 16.8 Å². The Bertz CT molecular complexity index is 988. The highest BCUT2D eigenvalue weighted by Gasteiger charge is 2.39. The van der Waals surface area contributed by atoms with E-state index in [1.54, 1.807) is 12.1 Å². The molecule has 0 amide bonds. The summed E-state index contributed by atoms with van der Waals surface area (Å²) in [6, 6.07) is 10.1. The van der Waals surface area contributed by atoms with Gasteiger partial charge in [0.2, 0.25) is 10.0 Å².